The molecule has 1 saturated heterocycles. The zero-order valence-corrected chi connectivity index (χ0v) is 20.8. The number of sulfonamides is 1. The highest BCUT2D eigenvalue weighted by Crippen LogP contribution is 2.25. The van der Waals surface area contributed by atoms with Gasteiger partial charge in [-0.1, -0.05) is 29.8 Å². The Morgan fingerprint density at radius 3 is 2.72 bits per heavy atom. The van der Waals surface area contributed by atoms with E-state index in [0.717, 1.165) is 22.2 Å². The van der Waals surface area contributed by atoms with Crippen LogP contribution in [0.2, 0.25) is 5.02 Å². The summed E-state index contributed by atoms with van der Waals surface area (Å²) < 4.78 is 29.2. The standard InChI is InChI=1S/C25H24ClN5O4S/c26-19-6-9-22-21(13-19)23(29-28-22)14-27-25(33)18-10-12-31(16-18)36(34,35)20-7-4-17(5-8-20)15-30-11-2-1-3-24(30)32/h1-9,11,13,18H,10,12,14-16H2,(H,27,33)(H,28,29). The van der Waals surface area contributed by atoms with E-state index in [2.05, 4.69) is 15.5 Å². The fourth-order valence-corrected chi connectivity index (χ4v) is 6.03. The number of hydrogen-bond acceptors (Lipinski definition) is 5. The van der Waals surface area contributed by atoms with Gasteiger partial charge >= 0.3 is 0 Å². The monoisotopic (exact) mass is 525 g/mol. The van der Waals surface area contributed by atoms with Crippen LogP contribution in [0.25, 0.3) is 10.9 Å². The largest absolute Gasteiger partial charge is 0.350 e. The molecule has 3 heterocycles. The molecule has 2 aromatic carbocycles. The number of fused-ring (bicyclic) bond motifs is 1. The molecule has 1 aliphatic rings. The van der Waals surface area contributed by atoms with E-state index >= 15 is 0 Å². The molecule has 0 bridgehead atoms. The Balaban J connectivity index is 1.21. The number of nitrogens with zero attached hydrogens (tertiary/aromatic N) is 3. The number of rotatable bonds is 7. The van der Waals surface area contributed by atoms with Crippen LogP contribution >= 0.6 is 11.6 Å². The lowest BCUT2D eigenvalue weighted by molar-refractivity contribution is -0.124. The summed E-state index contributed by atoms with van der Waals surface area (Å²) in [5.74, 6) is -0.650. The highest BCUT2D eigenvalue weighted by molar-refractivity contribution is 7.89. The summed E-state index contributed by atoms with van der Waals surface area (Å²) in [5, 5.41) is 11.4. The Labute approximate surface area is 212 Å². The Morgan fingerprint density at radius 2 is 1.94 bits per heavy atom. The third-order valence-electron chi connectivity index (χ3n) is 6.37. The minimum absolute atomic E-state index is 0.116. The molecule has 5 rings (SSSR count). The number of aromatic amines is 1. The van der Waals surface area contributed by atoms with Crippen molar-refractivity contribution in [1.82, 2.24) is 24.4 Å². The fraction of sp³-hybridized carbons (Fsp3) is 0.240. The molecular weight excluding hydrogens is 502 g/mol. The van der Waals surface area contributed by atoms with Crippen molar-refractivity contribution in [2.24, 2.45) is 5.92 Å². The van der Waals surface area contributed by atoms with Crippen molar-refractivity contribution in [3.63, 3.8) is 0 Å². The minimum atomic E-state index is -3.74. The van der Waals surface area contributed by atoms with E-state index in [1.54, 1.807) is 65.4 Å². The molecule has 11 heteroatoms. The summed E-state index contributed by atoms with van der Waals surface area (Å²) in [5.41, 5.74) is 2.18. The number of H-pyrrole nitrogens is 1. The van der Waals surface area contributed by atoms with Gasteiger partial charge in [-0.3, -0.25) is 14.7 Å². The molecule has 1 aliphatic heterocycles. The van der Waals surface area contributed by atoms with Crippen LogP contribution in [0, 0.1) is 5.92 Å². The smallest absolute Gasteiger partial charge is 0.250 e. The Hall–Kier alpha value is -3.47. The molecule has 1 fully saturated rings. The average molecular weight is 526 g/mol. The summed E-state index contributed by atoms with van der Waals surface area (Å²) in [6.45, 7) is 0.976. The molecule has 0 radical (unpaired) electrons. The van der Waals surface area contributed by atoms with Crippen LogP contribution in [-0.2, 0) is 27.9 Å². The van der Waals surface area contributed by atoms with Gasteiger partial charge in [0, 0.05) is 35.8 Å². The second-order valence-electron chi connectivity index (χ2n) is 8.74. The van der Waals surface area contributed by atoms with E-state index < -0.39 is 15.9 Å². The number of benzene rings is 2. The van der Waals surface area contributed by atoms with Gasteiger partial charge in [0.05, 0.1) is 35.1 Å². The molecule has 9 nitrogen and oxygen atoms in total. The second kappa shape index (κ2) is 9.88. The lowest BCUT2D eigenvalue weighted by Gasteiger charge is -2.17. The van der Waals surface area contributed by atoms with Crippen molar-refractivity contribution in [2.75, 3.05) is 13.1 Å². The van der Waals surface area contributed by atoms with Gasteiger partial charge in [0.15, 0.2) is 0 Å². The normalized spacial score (nSPS) is 16.4. The predicted molar refractivity (Wildman–Crippen MR) is 136 cm³/mol. The van der Waals surface area contributed by atoms with E-state index in [9.17, 15) is 18.0 Å². The number of carbonyl (C=O) groups excluding carboxylic acids is 1. The first-order valence-corrected chi connectivity index (χ1v) is 13.3. The molecule has 0 saturated carbocycles. The fourth-order valence-electron chi connectivity index (χ4n) is 4.35. The molecule has 36 heavy (non-hydrogen) atoms. The van der Waals surface area contributed by atoms with Crippen LogP contribution in [0.1, 0.15) is 17.7 Å². The number of hydrogen-bond donors (Lipinski definition) is 2. The van der Waals surface area contributed by atoms with Gasteiger partial charge in [0.1, 0.15) is 0 Å². The van der Waals surface area contributed by atoms with Gasteiger partial charge in [-0.2, -0.15) is 9.40 Å². The van der Waals surface area contributed by atoms with E-state index in [1.807, 2.05) is 0 Å². The highest BCUT2D eigenvalue weighted by Gasteiger charge is 2.35. The summed E-state index contributed by atoms with van der Waals surface area (Å²) in [4.78, 5) is 24.8. The molecule has 2 aromatic heterocycles. The highest BCUT2D eigenvalue weighted by atomic mass is 35.5. The molecule has 0 aliphatic carbocycles. The van der Waals surface area contributed by atoms with Gasteiger partial charge in [0.2, 0.25) is 15.9 Å². The lowest BCUT2D eigenvalue weighted by atomic mass is 10.1. The summed E-state index contributed by atoms with van der Waals surface area (Å²) in [7, 11) is -3.74. The Bertz CT molecular complexity index is 1580. The second-order valence-corrected chi connectivity index (χ2v) is 11.1. The molecule has 186 valence electrons. The van der Waals surface area contributed by atoms with Crippen molar-refractivity contribution in [1.29, 1.82) is 0 Å². The summed E-state index contributed by atoms with van der Waals surface area (Å²) in [6, 6.07) is 16.7. The van der Waals surface area contributed by atoms with Crippen LogP contribution in [0.3, 0.4) is 0 Å². The van der Waals surface area contributed by atoms with Crippen LogP contribution in [0.15, 0.2) is 76.6 Å². The number of halogens is 1. The lowest BCUT2D eigenvalue weighted by Crippen LogP contribution is -2.34. The van der Waals surface area contributed by atoms with Crippen molar-refractivity contribution in [3.8, 4) is 0 Å². The number of pyridine rings is 1. The van der Waals surface area contributed by atoms with Crippen molar-refractivity contribution in [3.05, 3.63) is 93.5 Å². The van der Waals surface area contributed by atoms with Gasteiger partial charge < -0.3 is 9.88 Å². The first-order valence-electron chi connectivity index (χ1n) is 11.5. The molecule has 1 unspecified atom stereocenters. The maximum absolute atomic E-state index is 13.2. The summed E-state index contributed by atoms with van der Waals surface area (Å²) in [6.07, 6.45) is 2.13. The summed E-state index contributed by atoms with van der Waals surface area (Å²) >= 11 is 6.07. The molecule has 0 spiro atoms. The van der Waals surface area contributed by atoms with Crippen molar-refractivity contribution in [2.45, 2.75) is 24.4 Å². The maximum Gasteiger partial charge on any atom is 0.250 e. The molecule has 1 amide bonds. The quantitative estimate of drug-likeness (QED) is 0.385. The molecule has 4 aromatic rings. The average Bonchev–Trinajstić information content (AvgIpc) is 3.52. The predicted octanol–water partition coefficient (Wildman–Crippen LogP) is 2.75. The Morgan fingerprint density at radius 1 is 1.14 bits per heavy atom. The first-order chi connectivity index (χ1) is 17.3. The molecule has 2 N–H and O–H groups in total. The first kappa shape index (κ1) is 24.2. The van der Waals surface area contributed by atoms with Gasteiger partial charge in [0.25, 0.3) is 5.56 Å². The molecular formula is C25H24ClN5O4S. The van der Waals surface area contributed by atoms with E-state index in [1.165, 1.54) is 10.4 Å². The zero-order chi connectivity index (χ0) is 25.3. The zero-order valence-electron chi connectivity index (χ0n) is 19.2. The number of nitrogens with one attached hydrogen (secondary N) is 2. The SMILES string of the molecule is O=C(NCc1[nH]nc2ccc(Cl)cc12)C1CCN(S(=O)(=O)c2ccc(Cn3ccccc3=O)cc2)C1. The topological polar surface area (TPSA) is 117 Å². The van der Waals surface area contributed by atoms with Crippen molar-refractivity contribution >= 4 is 38.4 Å². The van der Waals surface area contributed by atoms with Crippen LogP contribution in [0.4, 0.5) is 0 Å². The van der Waals surface area contributed by atoms with Crippen LogP contribution < -0.4 is 10.9 Å². The maximum atomic E-state index is 13.2. The van der Waals surface area contributed by atoms with Crippen molar-refractivity contribution < 1.29 is 13.2 Å². The number of carbonyl (C=O) groups is 1. The van der Waals surface area contributed by atoms with Gasteiger partial charge in [-0.05, 0) is 48.4 Å². The number of aromatic nitrogens is 3. The van der Waals surface area contributed by atoms with Gasteiger partial charge in [-0.25, -0.2) is 8.42 Å². The van der Waals surface area contributed by atoms with E-state index in [4.69, 9.17) is 11.6 Å². The third kappa shape index (κ3) is 4.92. The third-order valence-corrected chi connectivity index (χ3v) is 8.48. The minimum Gasteiger partial charge on any atom is -0.350 e. The van der Waals surface area contributed by atoms with Crippen LogP contribution in [-0.4, -0.2) is 46.5 Å². The van der Waals surface area contributed by atoms with E-state index in [-0.39, 0.29) is 36.0 Å². The van der Waals surface area contributed by atoms with E-state index in [0.29, 0.717) is 18.0 Å². The molecule has 1 atom stereocenters. The van der Waals surface area contributed by atoms with Crippen LogP contribution in [0.5, 0.6) is 0 Å². The number of amides is 1. The van der Waals surface area contributed by atoms with Gasteiger partial charge in [-0.15, -0.1) is 0 Å². The Kier molecular flexibility index (Phi) is 6.65.